The van der Waals surface area contributed by atoms with Gasteiger partial charge in [-0.1, -0.05) is 6.07 Å². The molecule has 1 atom stereocenters. The highest BCUT2D eigenvalue weighted by molar-refractivity contribution is 5.51. The number of morpholine rings is 1. The Kier molecular flexibility index (Phi) is 4.74. The third-order valence-electron chi connectivity index (χ3n) is 4.85. The Morgan fingerprint density at radius 3 is 2.88 bits per heavy atom. The number of benzene rings is 1. The zero-order valence-electron chi connectivity index (χ0n) is 14.2. The first-order chi connectivity index (χ1) is 12.3. The molecule has 2 fully saturated rings. The van der Waals surface area contributed by atoms with Crippen LogP contribution in [0.15, 0.2) is 30.3 Å². The van der Waals surface area contributed by atoms with Gasteiger partial charge in [-0.15, -0.1) is 0 Å². The third-order valence-corrected chi connectivity index (χ3v) is 4.85. The van der Waals surface area contributed by atoms with Crippen LogP contribution in [0.3, 0.4) is 0 Å². The number of aromatic nitrogens is 2. The molecule has 1 aromatic carbocycles. The highest BCUT2D eigenvalue weighted by Crippen LogP contribution is 2.23. The number of H-pyrrole nitrogens is 1. The van der Waals surface area contributed by atoms with Crippen molar-refractivity contribution in [3.63, 3.8) is 0 Å². The number of aromatic amines is 1. The summed E-state index contributed by atoms with van der Waals surface area (Å²) in [6, 6.07) is 9.21. The van der Waals surface area contributed by atoms with Gasteiger partial charge in [0.05, 0.1) is 13.2 Å². The van der Waals surface area contributed by atoms with Gasteiger partial charge < -0.3 is 19.9 Å². The van der Waals surface area contributed by atoms with Gasteiger partial charge in [-0.05, 0) is 31.0 Å². The summed E-state index contributed by atoms with van der Waals surface area (Å²) in [4.78, 5) is 4.47. The van der Waals surface area contributed by atoms with E-state index in [0.29, 0.717) is 6.04 Å². The molecule has 0 amide bonds. The minimum Gasteiger partial charge on any atom is -0.378 e. The smallest absolute Gasteiger partial charge is 0.152 e. The highest BCUT2D eigenvalue weighted by atomic mass is 19.1. The Balaban J connectivity index is 1.38. The summed E-state index contributed by atoms with van der Waals surface area (Å²) in [5, 5.41) is 11.0. The number of nitrogens with one attached hydrogen (secondary N) is 2. The number of piperidine rings is 1. The third kappa shape index (κ3) is 3.87. The number of hydrogen-bond acceptors (Lipinski definition) is 5. The van der Waals surface area contributed by atoms with Gasteiger partial charge in [0.15, 0.2) is 5.82 Å². The van der Waals surface area contributed by atoms with Crippen molar-refractivity contribution in [1.82, 2.24) is 10.2 Å². The molecule has 0 aliphatic carbocycles. The Labute approximate surface area is 147 Å². The molecule has 6 nitrogen and oxygen atoms in total. The number of halogens is 1. The van der Waals surface area contributed by atoms with Gasteiger partial charge in [0, 0.05) is 44.0 Å². The van der Waals surface area contributed by atoms with Gasteiger partial charge in [-0.25, -0.2) is 4.39 Å². The fourth-order valence-corrected chi connectivity index (χ4v) is 3.56. The van der Waals surface area contributed by atoms with Crippen LogP contribution in [0.2, 0.25) is 0 Å². The van der Waals surface area contributed by atoms with Crippen LogP contribution in [0.1, 0.15) is 12.8 Å². The number of anilines is 3. The Bertz CT molecular complexity index is 700. The first-order valence-electron chi connectivity index (χ1n) is 8.93. The number of hydrogen-bond donors (Lipinski definition) is 2. The van der Waals surface area contributed by atoms with E-state index in [9.17, 15) is 4.39 Å². The topological polar surface area (TPSA) is 56.4 Å². The van der Waals surface area contributed by atoms with Crippen LogP contribution in [-0.2, 0) is 4.74 Å². The van der Waals surface area contributed by atoms with E-state index in [1.54, 1.807) is 12.1 Å². The highest BCUT2D eigenvalue weighted by Gasteiger charge is 2.21. The lowest BCUT2D eigenvalue weighted by atomic mass is 10.0. The summed E-state index contributed by atoms with van der Waals surface area (Å²) in [6.45, 7) is 5.07. The lowest BCUT2D eigenvalue weighted by molar-refractivity contribution is 0.122. The van der Waals surface area contributed by atoms with Gasteiger partial charge in [0.2, 0.25) is 0 Å². The van der Waals surface area contributed by atoms with E-state index >= 15 is 0 Å². The van der Waals surface area contributed by atoms with Crippen molar-refractivity contribution < 1.29 is 9.13 Å². The molecule has 2 saturated heterocycles. The van der Waals surface area contributed by atoms with Crippen molar-refractivity contribution in [2.75, 3.05) is 54.5 Å². The first kappa shape index (κ1) is 16.2. The molecule has 3 heterocycles. The quantitative estimate of drug-likeness (QED) is 0.892. The van der Waals surface area contributed by atoms with Crippen LogP contribution >= 0.6 is 0 Å². The normalized spacial score (nSPS) is 21.4. The van der Waals surface area contributed by atoms with E-state index in [1.165, 1.54) is 6.07 Å². The lowest BCUT2D eigenvalue weighted by Gasteiger charge is -2.35. The van der Waals surface area contributed by atoms with E-state index < -0.39 is 0 Å². The van der Waals surface area contributed by atoms with Gasteiger partial charge in [-0.2, -0.15) is 5.10 Å². The summed E-state index contributed by atoms with van der Waals surface area (Å²) in [7, 11) is 0. The second-order valence-electron chi connectivity index (χ2n) is 6.65. The molecular weight excluding hydrogens is 321 g/mol. The SMILES string of the molecule is Fc1cccc(N2CCC[C@@H](Nc3cc(N4CCOCC4)n[nH]3)C2)c1. The summed E-state index contributed by atoms with van der Waals surface area (Å²) in [5.74, 6) is 1.72. The predicted octanol–water partition coefficient (Wildman–Crippen LogP) is 2.47. The largest absolute Gasteiger partial charge is 0.378 e. The molecule has 4 rings (SSSR count). The fraction of sp³-hybridized carbons (Fsp3) is 0.500. The van der Waals surface area contributed by atoms with Crippen LogP contribution in [0, 0.1) is 5.82 Å². The molecule has 0 unspecified atom stereocenters. The van der Waals surface area contributed by atoms with Crippen LogP contribution in [-0.4, -0.2) is 55.6 Å². The first-order valence-corrected chi connectivity index (χ1v) is 8.93. The molecule has 2 aliphatic rings. The van der Waals surface area contributed by atoms with Crippen molar-refractivity contribution >= 4 is 17.3 Å². The van der Waals surface area contributed by atoms with Gasteiger partial charge in [-0.3, -0.25) is 5.10 Å². The van der Waals surface area contributed by atoms with E-state index in [-0.39, 0.29) is 5.82 Å². The lowest BCUT2D eigenvalue weighted by Crippen LogP contribution is -2.42. The molecule has 0 bridgehead atoms. The standard InChI is InChI=1S/C18H24FN5O/c19-14-3-1-5-16(11-14)24-6-2-4-15(13-24)20-17-12-18(22-21-17)23-7-9-25-10-8-23/h1,3,5,11-12,15H,2,4,6-10,13H2,(H2,20,21,22)/t15-/m1/s1. The van der Waals surface area contributed by atoms with Crippen molar-refractivity contribution in [2.45, 2.75) is 18.9 Å². The number of rotatable bonds is 4. The van der Waals surface area contributed by atoms with Crippen LogP contribution in [0.4, 0.5) is 21.7 Å². The maximum Gasteiger partial charge on any atom is 0.152 e. The Morgan fingerprint density at radius 2 is 2.04 bits per heavy atom. The summed E-state index contributed by atoms with van der Waals surface area (Å²) < 4.78 is 18.9. The summed E-state index contributed by atoms with van der Waals surface area (Å²) >= 11 is 0. The summed E-state index contributed by atoms with van der Waals surface area (Å²) in [6.07, 6.45) is 2.18. The molecule has 0 spiro atoms. The van der Waals surface area contributed by atoms with Crippen molar-refractivity contribution in [2.24, 2.45) is 0 Å². The number of ether oxygens (including phenoxy) is 1. The molecule has 134 valence electrons. The van der Waals surface area contributed by atoms with E-state index in [1.807, 2.05) is 6.07 Å². The Hall–Kier alpha value is -2.28. The molecule has 2 aromatic rings. The van der Waals surface area contributed by atoms with Gasteiger partial charge in [0.1, 0.15) is 11.6 Å². The second-order valence-corrected chi connectivity index (χ2v) is 6.65. The van der Waals surface area contributed by atoms with E-state index in [4.69, 9.17) is 4.74 Å². The molecule has 0 radical (unpaired) electrons. The monoisotopic (exact) mass is 345 g/mol. The van der Waals surface area contributed by atoms with Crippen LogP contribution in [0.25, 0.3) is 0 Å². The van der Waals surface area contributed by atoms with Crippen LogP contribution in [0.5, 0.6) is 0 Å². The maximum absolute atomic E-state index is 13.5. The van der Waals surface area contributed by atoms with Gasteiger partial charge >= 0.3 is 0 Å². The van der Waals surface area contributed by atoms with Crippen molar-refractivity contribution in [3.05, 3.63) is 36.1 Å². The fourth-order valence-electron chi connectivity index (χ4n) is 3.56. The van der Waals surface area contributed by atoms with Gasteiger partial charge in [0.25, 0.3) is 0 Å². The molecule has 7 heteroatoms. The van der Waals surface area contributed by atoms with E-state index in [2.05, 4.69) is 31.4 Å². The molecule has 0 saturated carbocycles. The molecule has 2 aliphatic heterocycles. The molecule has 2 N–H and O–H groups in total. The predicted molar refractivity (Wildman–Crippen MR) is 96.9 cm³/mol. The second kappa shape index (κ2) is 7.31. The zero-order chi connectivity index (χ0) is 17.1. The van der Waals surface area contributed by atoms with Crippen molar-refractivity contribution in [3.8, 4) is 0 Å². The average molecular weight is 345 g/mol. The van der Waals surface area contributed by atoms with E-state index in [0.717, 1.165) is 69.6 Å². The van der Waals surface area contributed by atoms with Crippen LogP contribution < -0.4 is 15.1 Å². The van der Waals surface area contributed by atoms with Crippen molar-refractivity contribution in [1.29, 1.82) is 0 Å². The molecule has 25 heavy (non-hydrogen) atoms. The average Bonchev–Trinajstić information content (AvgIpc) is 3.11. The molecule has 1 aromatic heterocycles. The minimum atomic E-state index is -0.184. The number of nitrogens with zero attached hydrogens (tertiary/aromatic N) is 3. The summed E-state index contributed by atoms with van der Waals surface area (Å²) in [5.41, 5.74) is 0.949. The molecular formula is C18H24FN5O. The Morgan fingerprint density at radius 1 is 1.16 bits per heavy atom. The zero-order valence-corrected chi connectivity index (χ0v) is 14.2. The minimum absolute atomic E-state index is 0.184. The maximum atomic E-state index is 13.5.